The van der Waals surface area contributed by atoms with Crippen LogP contribution in [0, 0.1) is 12.8 Å². The van der Waals surface area contributed by atoms with Crippen LogP contribution in [0.5, 0.6) is 0 Å². The van der Waals surface area contributed by atoms with E-state index in [1.807, 2.05) is 24.9 Å². The zero-order chi connectivity index (χ0) is 18.0. The summed E-state index contributed by atoms with van der Waals surface area (Å²) >= 11 is 0. The molecule has 0 spiro atoms. The third-order valence-electron chi connectivity index (χ3n) is 5.16. The first-order chi connectivity index (χ1) is 12.0. The lowest BCUT2D eigenvalue weighted by molar-refractivity contribution is 0.0689. The number of pyridine rings is 1. The molecule has 6 heteroatoms. The first kappa shape index (κ1) is 17.9. The third-order valence-corrected chi connectivity index (χ3v) is 5.16. The Kier molecular flexibility index (Phi) is 5.37. The summed E-state index contributed by atoms with van der Waals surface area (Å²) in [6.07, 6.45) is 3.32. The number of likely N-dealkylation sites (tertiary alicyclic amines) is 1. The number of hydrogen-bond acceptors (Lipinski definition) is 5. The lowest BCUT2D eigenvalue weighted by atomic mass is 9.93. The molecule has 1 N–H and O–H groups in total. The molecule has 0 bridgehead atoms. The number of piperidine rings is 1. The molecule has 0 atom stereocenters. The minimum atomic E-state index is 0.0765. The number of fused-ring (bicyclic) bond motifs is 1. The Labute approximate surface area is 149 Å². The van der Waals surface area contributed by atoms with Crippen molar-refractivity contribution in [3.05, 3.63) is 23.0 Å². The third kappa shape index (κ3) is 3.68. The number of amides is 1. The standard InChI is InChI=1S/C19H28N4O2/c1-12(2)16-11-15(17-13(3)22-25-18(17)21-16)19(24)23-9-6-14(7-10-23)5-8-20-4/h11-12,14,20H,5-10H2,1-4H3. The van der Waals surface area contributed by atoms with Crippen molar-refractivity contribution < 1.29 is 9.32 Å². The maximum Gasteiger partial charge on any atom is 0.259 e. The topological polar surface area (TPSA) is 71.3 Å². The Balaban J connectivity index is 1.84. The molecule has 0 radical (unpaired) electrons. The zero-order valence-corrected chi connectivity index (χ0v) is 15.6. The summed E-state index contributed by atoms with van der Waals surface area (Å²) in [5.74, 6) is 1.01. The van der Waals surface area contributed by atoms with Crippen LogP contribution in [-0.2, 0) is 0 Å². The minimum absolute atomic E-state index is 0.0765. The molecule has 1 aliphatic heterocycles. The van der Waals surface area contributed by atoms with Gasteiger partial charge in [0.2, 0.25) is 0 Å². The monoisotopic (exact) mass is 344 g/mol. The van der Waals surface area contributed by atoms with Crippen LogP contribution in [0.2, 0.25) is 0 Å². The van der Waals surface area contributed by atoms with E-state index in [0.717, 1.165) is 49.2 Å². The highest BCUT2D eigenvalue weighted by Crippen LogP contribution is 2.28. The van der Waals surface area contributed by atoms with E-state index in [9.17, 15) is 4.79 Å². The molecule has 3 heterocycles. The van der Waals surface area contributed by atoms with E-state index in [1.54, 1.807) is 0 Å². The normalized spacial score (nSPS) is 16.1. The summed E-state index contributed by atoms with van der Waals surface area (Å²) in [7, 11) is 1.99. The first-order valence-electron chi connectivity index (χ1n) is 9.22. The fourth-order valence-corrected chi connectivity index (χ4v) is 3.52. The summed E-state index contributed by atoms with van der Waals surface area (Å²) in [5, 5.41) is 7.98. The summed E-state index contributed by atoms with van der Waals surface area (Å²) in [6.45, 7) is 8.68. The molecular formula is C19H28N4O2. The molecule has 0 saturated carbocycles. The second kappa shape index (κ2) is 7.52. The van der Waals surface area contributed by atoms with Gasteiger partial charge in [-0.2, -0.15) is 0 Å². The van der Waals surface area contributed by atoms with Gasteiger partial charge in [-0.1, -0.05) is 19.0 Å². The van der Waals surface area contributed by atoms with E-state index < -0.39 is 0 Å². The number of rotatable bonds is 5. The fraction of sp³-hybridized carbons (Fsp3) is 0.632. The second-order valence-corrected chi connectivity index (χ2v) is 7.33. The van der Waals surface area contributed by atoms with Gasteiger partial charge >= 0.3 is 0 Å². The van der Waals surface area contributed by atoms with Crippen molar-refractivity contribution >= 4 is 17.0 Å². The van der Waals surface area contributed by atoms with Crippen LogP contribution in [0.25, 0.3) is 11.1 Å². The predicted octanol–water partition coefficient (Wildman–Crippen LogP) is 3.12. The molecule has 2 aromatic rings. The number of aromatic nitrogens is 2. The number of nitrogens with one attached hydrogen (secondary N) is 1. The van der Waals surface area contributed by atoms with E-state index >= 15 is 0 Å². The Morgan fingerprint density at radius 2 is 2.12 bits per heavy atom. The molecule has 6 nitrogen and oxygen atoms in total. The van der Waals surface area contributed by atoms with Gasteiger partial charge in [-0.15, -0.1) is 0 Å². The van der Waals surface area contributed by atoms with E-state index in [2.05, 4.69) is 29.3 Å². The van der Waals surface area contributed by atoms with Gasteiger partial charge in [-0.3, -0.25) is 4.79 Å². The number of nitrogens with zero attached hydrogens (tertiary/aromatic N) is 3. The fourth-order valence-electron chi connectivity index (χ4n) is 3.52. The van der Waals surface area contributed by atoms with Crippen molar-refractivity contribution in [2.24, 2.45) is 5.92 Å². The largest absolute Gasteiger partial charge is 0.339 e. The van der Waals surface area contributed by atoms with Crippen LogP contribution in [0.3, 0.4) is 0 Å². The summed E-state index contributed by atoms with van der Waals surface area (Å²) < 4.78 is 5.34. The molecule has 1 aliphatic rings. The molecular weight excluding hydrogens is 316 g/mol. The molecule has 1 amide bonds. The molecule has 3 rings (SSSR count). The molecule has 0 unspecified atom stereocenters. The quantitative estimate of drug-likeness (QED) is 0.902. The van der Waals surface area contributed by atoms with Gasteiger partial charge in [0.1, 0.15) is 0 Å². The Hall–Kier alpha value is -1.95. The van der Waals surface area contributed by atoms with E-state index in [4.69, 9.17) is 4.52 Å². The molecule has 136 valence electrons. The average Bonchev–Trinajstić information content (AvgIpc) is 3.00. The highest BCUT2D eigenvalue weighted by molar-refractivity contribution is 6.06. The van der Waals surface area contributed by atoms with Gasteiger partial charge in [0.25, 0.3) is 11.6 Å². The molecule has 0 aromatic carbocycles. The van der Waals surface area contributed by atoms with E-state index in [0.29, 0.717) is 17.2 Å². The maximum absolute atomic E-state index is 13.2. The summed E-state index contributed by atoms with van der Waals surface area (Å²) in [5.41, 5.74) is 2.75. The zero-order valence-electron chi connectivity index (χ0n) is 15.6. The highest BCUT2D eigenvalue weighted by atomic mass is 16.5. The van der Waals surface area contributed by atoms with Crippen molar-refractivity contribution in [2.45, 2.75) is 46.0 Å². The molecule has 25 heavy (non-hydrogen) atoms. The van der Waals surface area contributed by atoms with Gasteiger partial charge in [0.05, 0.1) is 16.6 Å². The van der Waals surface area contributed by atoms with Crippen LogP contribution in [0.1, 0.15) is 60.8 Å². The van der Waals surface area contributed by atoms with Gasteiger partial charge in [-0.25, -0.2) is 4.98 Å². The van der Waals surface area contributed by atoms with Crippen LogP contribution in [0.4, 0.5) is 0 Å². The van der Waals surface area contributed by atoms with Gasteiger partial charge in [-0.05, 0) is 57.7 Å². The molecule has 2 aromatic heterocycles. The van der Waals surface area contributed by atoms with Crippen molar-refractivity contribution in [1.82, 2.24) is 20.4 Å². The van der Waals surface area contributed by atoms with Crippen molar-refractivity contribution in [1.29, 1.82) is 0 Å². The lowest BCUT2D eigenvalue weighted by Crippen LogP contribution is -2.39. The summed E-state index contributed by atoms with van der Waals surface area (Å²) in [6, 6.07) is 1.92. The van der Waals surface area contributed by atoms with Crippen molar-refractivity contribution in [3.8, 4) is 0 Å². The number of carbonyl (C=O) groups is 1. The Bertz CT molecular complexity index is 745. The van der Waals surface area contributed by atoms with Crippen LogP contribution < -0.4 is 5.32 Å². The van der Waals surface area contributed by atoms with Crippen molar-refractivity contribution in [2.75, 3.05) is 26.7 Å². The number of aryl methyl sites for hydroxylation is 1. The second-order valence-electron chi connectivity index (χ2n) is 7.33. The van der Waals surface area contributed by atoms with E-state index in [1.165, 1.54) is 6.42 Å². The maximum atomic E-state index is 13.2. The highest BCUT2D eigenvalue weighted by Gasteiger charge is 2.27. The Morgan fingerprint density at radius 1 is 1.40 bits per heavy atom. The summed E-state index contributed by atoms with van der Waals surface area (Å²) in [4.78, 5) is 19.7. The molecule has 1 fully saturated rings. The van der Waals surface area contributed by atoms with E-state index in [-0.39, 0.29) is 11.8 Å². The SMILES string of the molecule is CNCCC1CCN(C(=O)c2cc(C(C)C)nc3onc(C)c23)CC1. The van der Waals surface area contributed by atoms with Crippen LogP contribution >= 0.6 is 0 Å². The minimum Gasteiger partial charge on any atom is -0.339 e. The van der Waals surface area contributed by atoms with Crippen molar-refractivity contribution in [3.63, 3.8) is 0 Å². The van der Waals surface area contributed by atoms with Gasteiger partial charge in [0.15, 0.2) is 0 Å². The first-order valence-corrected chi connectivity index (χ1v) is 9.22. The van der Waals surface area contributed by atoms with Crippen LogP contribution in [0.15, 0.2) is 10.6 Å². The molecule has 1 saturated heterocycles. The Morgan fingerprint density at radius 3 is 2.76 bits per heavy atom. The predicted molar refractivity (Wildman–Crippen MR) is 97.8 cm³/mol. The number of carbonyl (C=O) groups excluding carboxylic acids is 1. The number of hydrogen-bond donors (Lipinski definition) is 1. The van der Waals surface area contributed by atoms with Gasteiger partial charge in [0, 0.05) is 18.8 Å². The average molecular weight is 344 g/mol. The smallest absolute Gasteiger partial charge is 0.259 e. The van der Waals surface area contributed by atoms with Crippen LogP contribution in [-0.4, -0.2) is 47.6 Å². The lowest BCUT2D eigenvalue weighted by Gasteiger charge is -2.32. The molecule has 0 aliphatic carbocycles. The van der Waals surface area contributed by atoms with Gasteiger partial charge < -0.3 is 14.7 Å².